The van der Waals surface area contributed by atoms with Gasteiger partial charge in [-0.3, -0.25) is 4.79 Å². The Labute approximate surface area is 349 Å². The summed E-state index contributed by atoms with van der Waals surface area (Å²) in [5.74, 6) is 0.214. The monoisotopic (exact) mass is 758 g/mol. The summed E-state index contributed by atoms with van der Waals surface area (Å²) < 4.78 is 0. The van der Waals surface area contributed by atoms with E-state index in [0.29, 0.717) is 6.42 Å². The van der Waals surface area contributed by atoms with Gasteiger partial charge in [0.05, 0.1) is 0 Å². The van der Waals surface area contributed by atoms with Crippen LogP contribution in [-0.2, 0) is 11.2 Å². The minimum absolute atomic E-state index is 0.214. The molecule has 0 aliphatic rings. The van der Waals surface area contributed by atoms with Gasteiger partial charge in [0.2, 0.25) is 0 Å². The molecule has 9 rings (SSSR count). The van der Waals surface area contributed by atoms with Crippen molar-refractivity contribution in [2.75, 3.05) is 0 Å². The average molecular weight is 759 g/mol. The molecule has 0 amide bonds. The van der Waals surface area contributed by atoms with Crippen LogP contribution in [-0.4, -0.2) is 5.78 Å². The molecule has 0 saturated heterocycles. The van der Waals surface area contributed by atoms with E-state index in [2.05, 4.69) is 0 Å². The molecule has 0 unspecified atom stereocenters. The van der Waals surface area contributed by atoms with Crippen LogP contribution in [0.25, 0.3) is 0 Å². The number of carbonyl (C=O) groups excluding carboxylic acids is 1. The molecule has 0 aromatic heterocycles. The summed E-state index contributed by atoms with van der Waals surface area (Å²) in [6, 6.07) is 106. The van der Waals surface area contributed by atoms with Crippen LogP contribution in [0.2, 0.25) is 0 Å². The van der Waals surface area contributed by atoms with Gasteiger partial charge in [0.15, 0.2) is 0 Å². The van der Waals surface area contributed by atoms with Crippen LogP contribution in [0.1, 0.15) is 12.5 Å². The van der Waals surface area contributed by atoms with Gasteiger partial charge in [-0.05, 0) is 12.5 Å². The van der Waals surface area contributed by atoms with Crippen molar-refractivity contribution in [3.8, 4) is 0 Å². The Kier molecular flexibility index (Phi) is 35.6. The molecule has 0 bridgehead atoms. The summed E-state index contributed by atoms with van der Waals surface area (Å²) in [5.41, 5.74) is 1.09. The first-order chi connectivity index (χ1) is 28.8. The van der Waals surface area contributed by atoms with Crippen molar-refractivity contribution >= 4 is 5.78 Å². The van der Waals surface area contributed by atoms with E-state index in [9.17, 15) is 4.79 Å². The van der Waals surface area contributed by atoms with Gasteiger partial charge in [-0.15, -0.1) is 0 Å². The Morgan fingerprint density at radius 1 is 0.224 bits per heavy atom. The first kappa shape index (κ1) is 48.7. The van der Waals surface area contributed by atoms with E-state index in [1.165, 1.54) is 0 Å². The Bertz CT molecular complexity index is 1370. The Morgan fingerprint density at radius 3 is 0.431 bits per heavy atom. The summed E-state index contributed by atoms with van der Waals surface area (Å²) in [7, 11) is 0. The molecule has 0 fully saturated rings. The predicted molar refractivity (Wildman–Crippen MR) is 252 cm³/mol. The van der Waals surface area contributed by atoms with Crippen LogP contribution < -0.4 is 0 Å². The van der Waals surface area contributed by atoms with E-state index >= 15 is 0 Å². The predicted octanol–water partition coefficient (Wildman–Crippen LogP) is 15.3. The second kappa shape index (κ2) is 42.4. The third kappa shape index (κ3) is 39.8. The Balaban J connectivity index is 0.000000328. The molecule has 292 valence electrons. The standard InChI is InChI=1S/C9H10O.8C6H6/c1-8(10)7-9-5-3-2-4-6-9;8*1-2-4-6-5-3-1/h2-6H,7H2,1H3;8*1-6H. The van der Waals surface area contributed by atoms with Crippen molar-refractivity contribution in [2.45, 2.75) is 13.3 Å². The molecule has 0 N–H and O–H groups in total. The molecule has 1 heteroatoms. The SMILES string of the molecule is CC(=O)Cc1ccccc1.c1ccccc1.c1ccccc1.c1ccccc1.c1ccccc1.c1ccccc1.c1ccccc1.c1ccccc1.c1ccccc1. The zero-order chi connectivity index (χ0) is 41.3. The van der Waals surface area contributed by atoms with Gasteiger partial charge >= 0.3 is 0 Å². The molecule has 0 radical (unpaired) electrons. The number of hydrogen-bond acceptors (Lipinski definition) is 1. The maximum Gasteiger partial charge on any atom is 0.134 e. The van der Waals surface area contributed by atoms with E-state index in [1.807, 2.05) is 322 Å². The average Bonchev–Trinajstić information content (AvgIpc) is 3.35. The van der Waals surface area contributed by atoms with Crippen LogP contribution >= 0.6 is 0 Å². The van der Waals surface area contributed by atoms with Crippen molar-refractivity contribution in [1.29, 1.82) is 0 Å². The van der Waals surface area contributed by atoms with Gasteiger partial charge in [-0.1, -0.05) is 322 Å². The topological polar surface area (TPSA) is 17.1 Å². The highest BCUT2D eigenvalue weighted by molar-refractivity contribution is 5.78. The summed E-state index contributed by atoms with van der Waals surface area (Å²) in [4.78, 5) is 10.6. The Morgan fingerprint density at radius 2 is 0.328 bits per heavy atom. The maximum absolute atomic E-state index is 10.6. The first-order valence-electron chi connectivity index (χ1n) is 19.3. The number of benzene rings is 9. The van der Waals surface area contributed by atoms with Gasteiger partial charge in [-0.25, -0.2) is 0 Å². The van der Waals surface area contributed by atoms with Gasteiger partial charge in [0, 0.05) is 6.42 Å². The molecule has 0 aliphatic heterocycles. The number of rotatable bonds is 2. The van der Waals surface area contributed by atoms with E-state index in [0.717, 1.165) is 5.56 Å². The molecule has 9 aromatic carbocycles. The fraction of sp³-hybridized carbons (Fsp3) is 0.0351. The normalized spacial score (nSPS) is 8.22. The molecule has 0 atom stereocenters. The van der Waals surface area contributed by atoms with Gasteiger partial charge in [0.25, 0.3) is 0 Å². The van der Waals surface area contributed by atoms with Gasteiger partial charge < -0.3 is 0 Å². The van der Waals surface area contributed by atoms with Crippen molar-refractivity contribution in [1.82, 2.24) is 0 Å². The summed E-state index contributed by atoms with van der Waals surface area (Å²) in [5, 5.41) is 0. The van der Waals surface area contributed by atoms with Gasteiger partial charge in [0.1, 0.15) is 5.78 Å². The van der Waals surface area contributed by atoms with Gasteiger partial charge in [-0.2, -0.15) is 0 Å². The zero-order valence-corrected chi connectivity index (χ0v) is 33.7. The lowest BCUT2D eigenvalue weighted by atomic mass is 10.1. The van der Waals surface area contributed by atoms with E-state index in [1.54, 1.807) is 6.92 Å². The zero-order valence-electron chi connectivity index (χ0n) is 33.7. The number of carbonyl (C=O) groups is 1. The van der Waals surface area contributed by atoms with E-state index < -0.39 is 0 Å². The van der Waals surface area contributed by atoms with Crippen LogP contribution in [0.5, 0.6) is 0 Å². The van der Waals surface area contributed by atoms with E-state index in [4.69, 9.17) is 0 Å². The molecular weight excluding hydrogens is 701 g/mol. The number of hydrogen-bond donors (Lipinski definition) is 0. The lowest BCUT2D eigenvalue weighted by Gasteiger charge is -1.93. The largest absolute Gasteiger partial charge is 0.300 e. The van der Waals surface area contributed by atoms with Crippen LogP contribution in [0.15, 0.2) is 322 Å². The minimum atomic E-state index is 0.214. The third-order valence-electron chi connectivity index (χ3n) is 6.63. The minimum Gasteiger partial charge on any atom is -0.300 e. The van der Waals surface area contributed by atoms with Crippen molar-refractivity contribution in [3.63, 3.8) is 0 Å². The van der Waals surface area contributed by atoms with Crippen molar-refractivity contribution in [3.05, 3.63) is 327 Å². The molecule has 58 heavy (non-hydrogen) atoms. The van der Waals surface area contributed by atoms with Crippen molar-refractivity contribution < 1.29 is 4.79 Å². The van der Waals surface area contributed by atoms with E-state index in [-0.39, 0.29) is 5.78 Å². The van der Waals surface area contributed by atoms with Crippen LogP contribution in [0.3, 0.4) is 0 Å². The van der Waals surface area contributed by atoms with Crippen LogP contribution in [0.4, 0.5) is 0 Å². The molecule has 0 spiro atoms. The fourth-order valence-electron chi connectivity index (χ4n) is 3.96. The highest BCUT2D eigenvalue weighted by Gasteiger charge is 1.93. The second-order valence-electron chi connectivity index (χ2n) is 11.6. The summed E-state index contributed by atoms with van der Waals surface area (Å²) >= 11 is 0. The first-order valence-corrected chi connectivity index (χ1v) is 19.3. The number of ketones is 1. The quantitative estimate of drug-likeness (QED) is 0.172. The smallest absolute Gasteiger partial charge is 0.134 e. The molecule has 1 nitrogen and oxygen atoms in total. The Hall–Kier alpha value is -7.35. The lowest BCUT2D eigenvalue weighted by molar-refractivity contribution is -0.116. The lowest BCUT2D eigenvalue weighted by Crippen LogP contribution is -1.94. The van der Waals surface area contributed by atoms with Crippen molar-refractivity contribution in [2.24, 2.45) is 0 Å². The second-order valence-corrected chi connectivity index (χ2v) is 11.6. The molecule has 0 heterocycles. The maximum atomic E-state index is 10.6. The molecule has 0 saturated carbocycles. The highest BCUT2D eigenvalue weighted by atomic mass is 16.1. The summed E-state index contributed by atoms with van der Waals surface area (Å²) in [6.07, 6.45) is 0.556. The fourth-order valence-corrected chi connectivity index (χ4v) is 3.96. The third-order valence-corrected chi connectivity index (χ3v) is 6.63. The highest BCUT2D eigenvalue weighted by Crippen LogP contribution is 1.99. The molecular formula is C57H58O. The molecule has 0 aliphatic carbocycles. The summed E-state index contributed by atoms with van der Waals surface area (Å²) in [6.45, 7) is 1.60. The van der Waals surface area contributed by atoms with Crippen LogP contribution in [0, 0.1) is 0 Å². The molecule has 9 aromatic rings. The number of Topliss-reactive ketones (excluding diaryl/α,β-unsaturated/α-hetero) is 1.